The van der Waals surface area contributed by atoms with Crippen molar-refractivity contribution in [1.29, 1.82) is 0 Å². The summed E-state index contributed by atoms with van der Waals surface area (Å²) in [6.45, 7) is 4.13. The fourth-order valence-corrected chi connectivity index (χ4v) is 4.52. The van der Waals surface area contributed by atoms with Crippen molar-refractivity contribution >= 4 is 23.5 Å². The SMILES string of the molecule is CCN1C(=O)C(OC(=O)c2ccc(C)cc2)(C(=O)NC2CCCCC2)c2ccccc21. The van der Waals surface area contributed by atoms with Gasteiger partial charge in [0.1, 0.15) is 0 Å². The average molecular weight is 421 g/mol. The summed E-state index contributed by atoms with van der Waals surface area (Å²) >= 11 is 0. The maximum Gasteiger partial charge on any atom is 0.340 e. The summed E-state index contributed by atoms with van der Waals surface area (Å²) in [5, 5.41) is 3.02. The quantitative estimate of drug-likeness (QED) is 0.589. The molecule has 1 saturated carbocycles. The molecule has 1 heterocycles. The number of amides is 2. The standard InChI is InChI=1S/C25H28N2O4/c1-3-27-21-12-8-7-11-20(21)25(24(27)30,23(29)26-19-9-5-4-6-10-19)31-22(28)18-15-13-17(2)14-16-18/h7-8,11-16,19H,3-6,9-10H2,1-2H3,(H,26,29). The molecule has 2 aromatic carbocycles. The summed E-state index contributed by atoms with van der Waals surface area (Å²) in [6.07, 6.45) is 4.94. The second-order valence-electron chi connectivity index (χ2n) is 8.31. The molecule has 2 amide bonds. The second-order valence-corrected chi connectivity index (χ2v) is 8.31. The van der Waals surface area contributed by atoms with Crippen molar-refractivity contribution in [2.24, 2.45) is 0 Å². The van der Waals surface area contributed by atoms with Crippen LogP contribution in [0.3, 0.4) is 0 Å². The van der Waals surface area contributed by atoms with Gasteiger partial charge in [-0.3, -0.25) is 9.59 Å². The molecule has 0 saturated heterocycles. The topological polar surface area (TPSA) is 75.7 Å². The molecule has 1 unspecified atom stereocenters. The van der Waals surface area contributed by atoms with Gasteiger partial charge in [0.15, 0.2) is 0 Å². The van der Waals surface area contributed by atoms with Gasteiger partial charge in [-0.15, -0.1) is 0 Å². The number of hydrogen-bond acceptors (Lipinski definition) is 4. The number of anilines is 1. The van der Waals surface area contributed by atoms with E-state index in [-0.39, 0.29) is 6.04 Å². The number of nitrogens with one attached hydrogen (secondary N) is 1. The van der Waals surface area contributed by atoms with Crippen LogP contribution in [-0.2, 0) is 19.9 Å². The summed E-state index contributed by atoms with van der Waals surface area (Å²) in [4.78, 5) is 41.9. The molecular weight excluding hydrogens is 392 g/mol. The lowest BCUT2D eigenvalue weighted by Crippen LogP contribution is -2.56. The molecule has 0 bridgehead atoms. The van der Waals surface area contributed by atoms with Gasteiger partial charge in [0, 0.05) is 18.2 Å². The van der Waals surface area contributed by atoms with Gasteiger partial charge in [-0.05, 0) is 44.9 Å². The molecular formula is C25H28N2O4. The number of carbonyl (C=O) groups excluding carboxylic acids is 3. The first kappa shape index (κ1) is 21.1. The van der Waals surface area contributed by atoms with Crippen molar-refractivity contribution in [3.63, 3.8) is 0 Å². The lowest BCUT2D eigenvalue weighted by Gasteiger charge is -2.31. The van der Waals surface area contributed by atoms with Crippen LogP contribution in [0.25, 0.3) is 0 Å². The monoisotopic (exact) mass is 420 g/mol. The molecule has 2 aromatic rings. The summed E-state index contributed by atoms with van der Waals surface area (Å²) in [5.41, 5.74) is 0.295. The van der Waals surface area contributed by atoms with Gasteiger partial charge in [0.25, 0.3) is 17.4 Å². The third-order valence-corrected chi connectivity index (χ3v) is 6.23. The molecule has 1 fully saturated rings. The number of aryl methyl sites for hydroxylation is 1. The molecule has 0 aromatic heterocycles. The van der Waals surface area contributed by atoms with Crippen LogP contribution in [0, 0.1) is 6.92 Å². The van der Waals surface area contributed by atoms with Crippen molar-refractivity contribution in [3.05, 3.63) is 65.2 Å². The first-order valence-corrected chi connectivity index (χ1v) is 11.0. The van der Waals surface area contributed by atoms with Gasteiger partial charge >= 0.3 is 5.97 Å². The second kappa shape index (κ2) is 8.53. The van der Waals surface area contributed by atoms with E-state index in [1.807, 2.05) is 19.9 Å². The van der Waals surface area contributed by atoms with Crippen LogP contribution in [0.1, 0.15) is 60.5 Å². The van der Waals surface area contributed by atoms with Crippen molar-refractivity contribution in [2.45, 2.75) is 57.6 Å². The molecule has 1 aliphatic carbocycles. The number of ether oxygens (including phenoxy) is 1. The smallest absolute Gasteiger partial charge is 0.340 e. The summed E-state index contributed by atoms with van der Waals surface area (Å²) in [7, 11) is 0. The Balaban J connectivity index is 1.75. The number of carbonyl (C=O) groups is 3. The van der Waals surface area contributed by atoms with E-state index in [1.165, 1.54) is 4.90 Å². The number of nitrogens with zero attached hydrogens (tertiary/aromatic N) is 1. The van der Waals surface area contributed by atoms with Crippen molar-refractivity contribution in [2.75, 3.05) is 11.4 Å². The summed E-state index contributed by atoms with van der Waals surface area (Å²) in [6, 6.07) is 13.9. The zero-order chi connectivity index (χ0) is 22.0. The van der Waals surface area contributed by atoms with E-state index in [0.717, 1.165) is 37.7 Å². The average Bonchev–Trinajstić information content (AvgIpc) is 3.03. The maximum atomic E-state index is 13.7. The molecule has 31 heavy (non-hydrogen) atoms. The molecule has 1 N–H and O–H groups in total. The first-order chi connectivity index (χ1) is 15.0. The van der Waals surface area contributed by atoms with Gasteiger partial charge in [-0.1, -0.05) is 55.2 Å². The van der Waals surface area contributed by atoms with Crippen LogP contribution >= 0.6 is 0 Å². The highest BCUT2D eigenvalue weighted by atomic mass is 16.6. The number of rotatable bonds is 5. The fraction of sp³-hybridized carbons (Fsp3) is 0.400. The first-order valence-electron chi connectivity index (χ1n) is 11.0. The van der Waals surface area contributed by atoms with E-state index in [0.29, 0.717) is 23.4 Å². The van der Waals surface area contributed by atoms with E-state index >= 15 is 0 Å². The van der Waals surface area contributed by atoms with Crippen molar-refractivity contribution in [1.82, 2.24) is 5.32 Å². The molecule has 162 valence electrons. The summed E-state index contributed by atoms with van der Waals surface area (Å²) in [5.74, 6) is -1.78. The van der Waals surface area contributed by atoms with E-state index in [1.54, 1.807) is 42.5 Å². The van der Waals surface area contributed by atoms with Crippen LogP contribution in [0.4, 0.5) is 5.69 Å². The van der Waals surface area contributed by atoms with Gasteiger partial charge in [0.05, 0.1) is 11.3 Å². The van der Waals surface area contributed by atoms with E-state index in [4.69, 9.17) is 4.74 Å². The van der Waals surface area contributed by atoms with Gasteiger partial charge in [-0.2, -0.15) is 0 Å². The Morgan fingerprint density at radius 3 is 2.42 bits per heavy atom. The lowest BCUT2D eigenvalue weighted by molar-refractivity contribution is -0.153. The Kier molecular flexibility index (Phi) is 5.81. The molecule has 2 aliphatic rings. The molecule has 6 heteroatoms. The van der Waals surface area contributed by atoms with Crippen LogP contribution in [0.15, 0.2) is 48.5 Å². The maximum absolute atomic E-state index is 13.7. The Labute approximate surface area is 182 Å². The minimum atomic E-state index is -2.02. The highest BCUT2D eigenvalue weighted by molar-refractivity contribution is 6.21. The largest absolute Gasteiger partial charge is 0.430 e. The van der Waals surface area contributed by atoms with Gasteiger partial charge in [0.2, 0.25) is 0 Å². The third-order valence-electron chi connectivity index (χ3n) is 6.23. The number of hydrogen-bond donors (Lipinski definition) is 1. The summed E-state index contributed by atoms with van der Waals surface area (Å²) < 4.78 is 5.86. The van der Waals surface area contributed by atoms with Crippen molar-refractivity contribution in [3.8, 4) is 0 Å². The van der Waals surface area contributed by atoms with Crippen molar-refractivity contribution < 1.29 is 19.1 Å². The third kappa shape index (κ3) is 3.71. The number of benzene rings is 2. The molecule has 0 spiro atoms. The van der Waals surface area contributed by atoms with E-state index < -0.39 is 23.4 Å². The number of fused-ring (bicyclic) bond motifs is 1. The Hall–Kier alpha value is -3.15. The van der Waals surface area contributed by atoms with Gasteiger partial charge in [-0.25, -0.2) is 4.79 Å². The molecule has 1 aliphatic heterocycles. The molecule has 0 radical (unpaired) electrons. The van der Waals surface area contributed by atoms with Crippen LogP contribution in [0.5, 0.6) is 0 Å². The Morgan fingerprint density at radius 1 is 1.06 bits per heavy atom. The minimum absolute atomic E-state index is 0.0214. The highest BCUT2D eigenvalue weighted by Gasteiger charge is 2.60. The normalized spacial score (nSPS) is 21.0. The van der Waals surface area contributed by atoms with E-state index in [2.05, 4.69) is 5.32 Å². The van der Waals surface area contributed by atoms with Crippen LogP contribution < -0.4 is 10.2 Å². The number of likely N-dealkylation sites (N-methyl/N-ethyl adjacent to an activating group) is 1. The highest BCUT2D eigenvalue weighted by Crippen LogP contribution is 2.43. The lowest BCUT2D eigenvalue weighted by atomic mass is 9.91. The zero-order valence-corrected chi connectivity index (χ0v) is 18.0. The minimum Gasteiger partial charge on any atom is -0.430 e. The van der Waals surface area contributed by atoms with Crippen LogP contribution in [0.2, 0.25) is 0 Å². The molecule has 4 rings (SSSR count). The number of esters is 1. The predicted molar refractivity (Wildman–Crippen MR) is 118 cm³/mol. The molecule has 1 atom stereocenters. The number of para-hydroxylation sites is 1. The Morgan fingerprint density at radius 2 is 1.74 bits per heavy atom. The molecule has 6 nitrogen and oxygen atoms in total. The van der Waals surface area contributed by atoms with Gasteiger partial charge < -0.3 is 15.0 Å². The predicted octanol–water partition coefficient (Wildman–Crippen LogP) is 3.86. The van der Waals surface area contributed by atoms with Crippen LogP contribution in [-0.4, -0.2) is 30.4 Å². The zero-order valence-electron chi connectivity index (χ0n) is 18.0. The fourth-order valence-electron chi connectivity index (χ4n) is 4.52. The van der Waals surface area contributed by atoms with E-state index in [9.17, 15) is 14.4 Å². The Bertz CT molecular complexity index is 995.